The molecule has 84 valence electrons. The van der Waals surface area contributed by atoms with Gasteiger partial charge in [0.25, 0.3) is 0 Å². The Kier molecular flexibility index (Phi) is 4.35. The molecule has 0 amide bonds. The summed E-state index contributed by atoms with van der Waals surface area (Å²) in [5, 5.41) is 10.1. The van der Waals surface area contributed by atoms with Crippen molar-refractivity contribution in [2.24, 2.45) is 11.8 Å². The molecule has 1 heterocycles. The third-order valence-corrected chi connectivity index (χ3v) is 3.36. The Balaban J connectivity index is 2.62. The standard InChI is InChI=1S/C11H22O3/c1-5-9-8(3)14-10(6-13-4)7(2)11(9)12/h7-12H,5-6H2,1-4H3. The van der Waals surface area contributed by atoms with Gasteiger partial charge in [-0.15, -0.1) is 0 Å². The molecule has 1 aliphatic rings. The highest BCUT2D eigenvalue weighted by atomic mass is 16.5. The minimum Gasteiger partial charge on any atom is -0.392 e. The quantitative estimate of drug-likeness (QED) is 0.752. The fourth-order valence-corrected chi connectivity index (χ4v) is 2.32. The fourth-order valence-electron chi connectivity index (χ4n) is 2.32. The predicted molar refractivity (Wildman–Crippen MR) is 55.2 cm³/mol. The van der Waals surface area contributed by atoms with Crippen LogP contribution in [-0.2, 0) is 9.47 Å². The first kappa shape index (κ1) is 12.0. The smallest absolute Gasteiger partial charge is 0.0862 e. The Labute approximate surface area is 86.4 Å². The van der Waals surface area contributed by atoms with Gasteiger partial charge in [-0.2, -0.15) is 0 Å². The summed E-state index contributed by atoms with van der Waals surface area (Å²) < 4.78 is 10.9. The van der Waals surface area contributed by atoms with Gasteiger partial charge in [0, 0.05) is 18.9 Å². The van der Waals surface area contributed by atoms with E-state index >= 15 is 0 Å². The highest BCUT2D eigenvalue weighted by Gasteiger charge is 2.39. The van der Waals surface area contributed by atoms with Crippen molar-refractivity contribution in [2.45, 2.75) is 45.5 Å². The molecule has 0 aromatic heterocycles. The van der Waals surface area contributed by atoms with Crippen LogP contribution in [0, 0.1) is 11.8 Å². The van der Waals surface area contributed by atoms with Gasteiger partial charge in [0.1, 0.15) is 0 Å². The number of aliphatic hydroxyl groups excluding tert-OH is 1. The van der Waals surface area contributed by atoms with Gasteiger partial charge in [-0.25, -0.2) is 0 Å². The SMILES string of the molecule is CCC1C(C)OC(COC)C(C)C1O. The Morgan fingerprint density at radius 1 is 1.36 bits per heavy atom. The Bertz CT molecular complexity index is 170. The van der Waals surface area contributed by atoms with Crippen molar-refractivity contribution in [3.05, 3.63) is 0 Å². The van der Waals surface area contributed by atoms with E-state index < -0.39 is 0 Å². The summed E-state index contributed by atoms with van der Waals surface area (Å²) in [5.41, 5.74) is 0. The van der Waals surface area contributed by atoms with Gasteiger partial charge in [0.15, 0.2) is 0 Å². The summed E-state index contributed by atoms with van der Waals surface area (Å²) in [5.74, 6) is 0.425. The molecule has 0 bridgehead atoms. The fraction of sp³-hybridized carbons (Fsp3) is 1.00. The molecule has 14 heavy (non-hydrogen) atoms. The summed E-state index contributed by atoms with van der Waals surface area (Å²) in [4.78, 5) is 0. The summed E-state index contributed by atoms with van der Waals surface area (Å²) in [6.45, 7) is 6.73. The van der Waals surface area contributed by atoms with Gasteiger partial charge >= 0.3 is 0 Å². The summed E-state index contributed by atoms with van der Waals surface area (Å²) in [7, 11) is 1.67. The van der Waals surface area contributed by atoms with Gasteiger partial charge in [-0.05, 0) is 13.3 Å². The van der Waals surface area contributed by atoms with Gasteiger partial charge in [-0.1, -0.05) is 13.8 Å². The van der Waals surface area contributed by atoms with Crippen LogP contribution in [0.1, 0.15) is 27.2 Å². The van der Waals surface area contributed by atoms with Crippen LogP contribution in [0.2, 0.25) is 0 Å². The summed E-state index contributed by atoms with van der Waals surface area (Å²) >= 11 is 0. The van der Waals surface area contributed by atoms with E-state index in [1.54, 1.807) is 7.11 Å². The molecule has 1 rings (SSSR count). The zero-order valence-corrected chi connectivity index (χ0v) is 9.56. The Morgan fingerprint density at radius 3 is 2.50 bits per heavy atom. The average Bonchev–Trinajstić information content (AvgIpc) is 2.15. The summed E-state index contributed by atoms with van der Waals surface area (Å²) in [6, 6.07) is 0. The van der Waals surface area contributed by atoms with Gasteiger partial charge in [0.05, 0.1) is 24.9 Å². The van der Waals surface area contributed by atoms with Crippen molar-refractivity contribution in [3.8, 4) is 0 Å². The second kappa shape index (κ2) is 5.10. The van der Waals surface area contributed by atoms with Crippen LogP contribution in [0.3, 0.4) is 0 Å². The van der Waals surface area contributed by atoms with Crippen LogP contribution in [-0.4, -0.2) is 37.1 Å². The monoisotopic (exact) mass is 202 g/mol. The predicted octanol–water partition coefficient (Wildman–Crippen LogP) is 1.44. The second-order valence-electron chi connectivity index (χ2n) is 4.26. The lowest BCUT2D eigenvalue weighted by Crippen LogP contribution is -2.50. The topological polar surface area (TPSA) is 38.7 Å². The maximum absolute atomic E-state index is 10.1. The zero-order valence-electron chi connectivity index (χ0n) is 9.56. The molecule has 1 aliphatic heterocycles. The molecule has 5 unspecified atom stereocenters. The minimum atomic E-state index is -0.260. The molecule has 5 atom stereocenters. The largest absolute Gasteiger partial charge is 0.392 e. The first-order valence-corrected chi connectivity index (χ1v) is 5.44. The highest BCUT2D eigenvalue weighted by Crippen LogP contribution is 2.32. The van der Waals surface area contributed by atoms with Gasteiger partial charge in [-0.3, -0.25) is 0 Å². The van der Waals surface area contributed by atoms with Crippen LogP contribution in [0.5, 0.6) is 0 Å². The number of rotatable bonds is 3. The van der Waals surface area contributed by atoms with E-state index in [-0.39, 0.29) is 30.1 Å². The molecule has 0 saturated carbocycles. The first-order chi connectivity index (χ1) is 6.61. The molecule has 0 aromatic rings. The zero-order chi connectivity index (χ0) is 10.7. The van der Waals surface area contributed by atoms with Crippen molar-refractivity contribution in [3.63, 3.8) is 0 Å². The maximum Gasteiger partial charge on any atom is 0.0862 e. The Hall–Kier alpha value is -0.120. The average molecular weight is 202 g/mol. The lowest BCUT2D eigenvalue weighted by molar-refractivity contribution is -0.176. The van der Waals surface area contributed by atoms with Crippen LogP contribution in [0.25, 0.3) is 0 Å². The number of aliphatic hydroxyl groups is 1. The summed E-state index contributed by atoms with van der Waals surface area (Å²) in [6.07, 6.45) is 0.870. The molecule has 0 aliphatic carbocycles. The van der Waals surface area contributed by atoms with Crippen LogP contribution < -0.4 is 0 Å². The Morgan fingerprint density at radius 2 is 2.00 bits per heavy atom. The molecular formula is C11H22O3. The van der Waals surface area contributed by atoms with Gasteiger partial charge in [0.2, 0.25) is 0 Å². The molecule has 1 N–H and O–H groups in total. The van der Waals surface area contributed by atoms with Crippen molar-refractivity contribution < 1.29 is 14.6 Å². The molecule has 3 heteroatoms. The van der Waals surface area contributed by atoms with Crippen LogP contribution in [0.15, 0.2) is 0 Å². The number of hydrogen-bond acceptors (Lipinski definition) is 3. The number of ether oxygens (including phenoxy) is 2. The van der Waals surface area contributed by atoms with E-state index in [9.17, 15) is 5.11 Å². The molecule has 1 saturated heterocycles. The van der Waals surface area contributed by atoms with Crippen LogP contribution >= 0.6 is 0 Å². The normalized spacial score (nSPS) is 43.9. The van der Waals surface area contributed by atoms with Crippen molar-refractivity contribution in [2.75, 3.05) is 13.7 Å². The van der Waals surface area contributed by atoms with Gasteiger partial charge < -0.3 is 14.6 Å². The van der Waals surface area contributed by atoms with Crippen molar-refractivity contribution in [1.29, 1.82) is 0 Å². The molecular weight excluding hydrogens is 180 g/mol. The molecule has 0 radical (unpaired) electrons. The van der Waals surface area contributed by atoms with E-state index in [4.69, 9.17) is 9.47 Å². The van der Waals surface area contributed by atoms with Crippen LogP contribution in [0.4, 0.5) is 0 Å². The van der Waals surface area contributed by atoms with E-state index in [0.29, 0.717) is 6.61 Å². The third kappa shape index (κ3) is 2.27. The molecule has 1 fully saturated rings. The van der Waals surface area contributed by atoms with Crippen molar-refractivity contribution in [1.82, 2.24) is 0 Å². The second-order valence-corrected chi connectivity index (χ2v) is 4.26. The third-order valence-electron chi connectivity index (χ3n) is 3.36. The van der Waals surface area contributed by atoms with E-state index in [2.05, 4.69) is 6.92 Å². The lowest BCUT2D eigenvalue weighted by Gasteiger charge is -2.42. The van der Waals surface area contributed by atoms with E-state index in [1.807, 2.05) is 13.8 Å². The number of hydrogen-bond donors (Lipinski definition) is 1. The molecule has 3 nitrogen and oxygen atoms in total. The minimum absolute atomic E-state index is 0.0350. The van der Waals surface area contributed by atoms with E-state index in [0.717, 1.165) is 6.42 Å². The first-order valence-electron chi connectivity index (χ1n) is 5.44. The number of methoxy groups -OCH3 is 1. The van der Waals surface area contributed by atoms with Crippen molar-refractivity contribution >= 4 is 0 Å². The highest BCUT2D eigenvalue weighted by molar-refractivity contribution is 4.87. The lowest BCUT2D eigenvalue weighted by atomic mass is 9.81. The maximum atomic E-state index is 10.1. The molecule has 0 aromatic carbocycles. The molecule has 0 spiro atoms. The van der Waals surface area contributed by atoms with E-state index in [1.165, 1.54) is 0 Å².